The number of unbranched alkanes of at least 4 members (excludes halogenated alkanes) is 3. The molecule has 1 aliphatic rings. The van der Waals surface area contributed by atoms with Gasteiger partial charge in [0.25, 0.3) is 0 Å². The second kappa shape index (κ2) is 8.43. The monoisotopic (exact) mass is 329 g/mol. The lowest BCUT2D eigenvalue weighted by atomic mass is 10.2. The van der Waals surface area contributed by atoms with Gasteiger partial charge in [-0.2, -0.15) is 0 Å². The molecule has 1 aromatic carbocycles. The van der Waals surface area contributed by atoms with Crippen LogP contribution in [-0.4, -0.2) is 44.0 Å². The maximum absolute atomic E-state index is 12.1. The van der Waals surface area contributed by atoms with Crippen LogP contribution in [0.25, 0.3) is 0 Å². The van der Waals surface area contributed by atoms with Gasteiger partial charge in [0.1, 0.15) is 5.75 Å². The summed E-state index contributed by atoms with van der Waals surface area (Å²) in [6.07, 6.45) is -0.0154. The van der Waals surface area contributed by atoms with Crippen LogP contribution < -0.4 is 9.64 Å². The molecule has 1 fully saturated rings. The second-order valence-corrected chi connectivity index (χ2v) is 5.78. The van der Waals surface area contributed by atoms with Crippen LogP contribution in [-0.2, 0) is 0 Å². The van der Waals surface area contributed by atoms with Crippen molar-refractivity contribution in [1.29, 1.82) is 0 Å². The van der Waals surface area contributed by atoms with Gasteiger partial charge in [-0.15, -0.1) is 13.2 Å². The first kappa shape index (κ1) is 17.9. The molecule has 129 valence electrons. The first-order valence-electron chi connectivity index (χ1n) is 8.10. The van der Waals surface area contributed by atoms with Crippen molar-refractivity contribution >= 4 is 5.69 Å². The standard InChI is InChI=1S/C17H24F3N2O/c1-2-3-4-5-10-21-11-13-22(14-12-21)15-6-8-16(9-7-15)23-17(18,19)20/h6-9H,1-5,10-14H2. The topological polar surface area (TPSA) is 15.7 Å². The number of hydrogen-bond donors (Lipinski definition) is 0. The molecule has 0 unspecified atom stereocenters. The van der Waals surface area contributed by atoms with Crippen molar-refractivity contribution in [3.63, 3.8) is 0 Å². The molecule has 1 aromatic rings. The minimum atomic E-state index is -4.64. The Morgan fingerprint density at radius 2 is 1.61 bits per heavy atom. The van der Waals surface area contributed by atoms with Gasteiger partial charge >= 0.3 is 6.36 Å². The normalized spacial score (nSPS) is 16.6. The Labute approximate surface area is 136 Å². The number of rotatable bonds is 7. The Bertz CT molecular complexity index is 454. The minimum Gasteiger partial charge on any atom is -0.406 e. The molecule has 0 bridgehead atoms. The first-order valence-corrected chi connectivity index (χ1v) is 8.10. The summed E-state index contributed by atoms with van der Waals surface area (Å²) in [5.41, 5.74) is 0.941. The van der Waals surface area contributed by atoms with E-state index in [0.717, 1.165) is 44.8 Å². The molecule has 0 spiro atoms. The number of benzene rings is 1. The zero-order chi connectivity index (χ0) is 16.7. The first-order chi connectivity index (χ1) is 11.0. The summed E-state index contributed by atoms with van der Waals surface area (Å²) in [7, 11) is 0. The summed E-state index contributed by atoms with van der Waals surface area (Å²) < 4.78 is 40.3. The number of halogens is 3. The summed E-state index contributed by atoms with van der Waals surface area (Å²) in [5.74, 6) is -0.176. The molecule has 1 saturated heterocycles. The van der Waals surface area contributed by atoms with Gasteiger partial charge in [-0.25, -0.2) is 0 Å². The molecule has 0 aliphatic carbocycles. The van der Waals surface area contributed by atoms with E-state index >= 15 is 0 Å². The number of ether oxygens (including phenoxy) is 1. The van der Waals surface area contributed by atoms with E-state index in [2.05, 4.69) is 21.5 Å². The fraction of sp³-hybridized carbons (Fsp3) is 0.588. The zero-order valence-corrected chi connectivity index (χ0v) is 13.3. The Kier molecular flexibility index (Phi) is 6.57. The molecule has 0 saturated carbocycles. The van der Waals surface area contributed by atoms with Gasteiger partial charge in [-0.05, 0) is 37.2 Å². The Morgan fingerprint density at radius 1 is 0.957 bits per heavy atom. The number of anilines is 1. The van der Waals surface area contributed by atoms with E-state index in [-0.39, 0.29) is 5.75 Å². The molecule has 0 aromatic heterocycles. The maximum atomic E-state index is 12.1. The predicted molar refractivity (Wildman–Crippen MR) is 85.6 cm³/mol. The minimum absolute atomic E-state index is 0.176. The van der Waals surface area contributed by atoms with Crippen molar-refractivity contribution in [3.05, 3.63) is 31.2 Å². The third-order valence-corrected chi connectivity index (χ3v) is 4.03. The Balaban J connectivity index is 1.76. The average molecular weight is 329 g/mol. The SMILES string of the molecule is [CH2]CCCCCN1CCN(c2ccc(OC(F)(F)F)cc2)CC1. The molecule has 6 heteroatoms. The third kappa shape index (κ3) is 6.29. The van der Waals surface area contributed by atoms with E-state index in [1.54, 1.807) is 12.1 Å². The summed E-state index contributed by atoms with van der Waals surface area (Å²) in [5, 5.41) is 0. The van der Waals surface area contributed by atoms with Gasteiger partial charge in [-0.3, -0.25) is 4.90 Å². The van der Waals surface area contributed by atoms with E-state index < -0.39 is 6.36 Å². The quantitative estimate of drug-likeness (QED) is 0.701. The highest BCUT2D eigenvalue weighted by Crippen LogP contribution is 2.25. The molecule has 1 heterocycles. The van der Waals surface area contributed by atoms with Crippen LogP contribution in [0.4, 0.5) is 18.9 Å². The van der Waals surface area contributed by atoms with Crippen LogP contribution in [0.3, 0.4) is 0 Å². The molecule has 1 radical (unpaired) electrons. The molecule has 23 heavy (non-hydrogen) atoms. The van der Waals surface area contributed by atoms with Crippen molar-refractivity contribution in [1.82, 2.24) is 4.90 Å². The van der Waals surface area contributed by atoms with Gasteiger partial charge in [-0.1, -0.05) is 26.2 Å². The zero-order valence-electron chi connectivity index (χ0n) is 13.3. The lowest BCUT2D eigenvalue weighted by Gasteiger charge is -2.36. The van der Waals surface area contributed by atoms with Gasteiger partial charge in [0.05, 0.1) is 0 Å². The largest absolute Gasteiger partial charge is 0.573 e. The van der Waals surface area contributed by atoms with Gasteiger partial charge in [0.15, 0.2) is 0 Å². The highest BCUT2D eigenvalue weighted by atomic mass is 19.4. The highest BCUT2D eigenvalue weighted by molar-refractivity contribution is 5.49. The number of piperazine rings is 1. The summed E-state index contributed by atoms with van der Waals surface area (Å²) in [6.45, 7) is 8.74. The van der Waals surface area contributed by atoms with E-state index in [4.69, 9.17) is 0 Å². The molecule has 2 rings (SSSR count). The van der Waals surface area contributed by atoms with Crippen LogP contribution in [0.2, 0.25) is 0 Å². The predicted octanol–water partition coefficient (Wildman–Crippen LogP) is 4.10. The van der Waals surface area contributed by atoms with Gasteiger partial charge < -0.3 is 9.64 Å². The molecule has 0 N–H and O–H groups in total. The average Bonchev–Trinajstić information content (AvgIpc) is 2.52. The van der Waals surface area contributed by atoms with Gasteiger partial charge in [0, 0.05) is 31.9 Å². The molecule has 1 aliphatic heterocycles. The Hall–Kier alpha value is -1.43. The van der Waals surface area contributed by atoms with Crippen LogP contribution in [0.15, 0.2) is 24.3 Å². The smallest absolute Gasteiger partial charge is 0.406 e. The number of alkyl halides is 3. The summed E-state index contributed by atoms with van der Waals surface area (Å²) >= 11 is 0. The fourth-order valence-corrected chi connectivity index (χ4v) is 2.78. The lowest BCUT2D eigenvalue weighted by Crippen LogP contribution is -2.46. The molecular weight excluding hydrogens is 305 g/mol. The van der Waals surface area contributed by atoms with Crippen LogP contribution in [0.1, 0.15) is 25.7 Å². The molecule has 0 atom stereocenters. The van der Waals surface area contributed by atoms with Crippen molar-refractivity contribution in [2.45, 2.75) is 32.0 Å². The summed E-state index contributed by atoms with van der Waals surface area (Å²) in [4.78, 5) is 4.64. The highest BCUT2D eigenvalue weighted by Gasteiger charge is 2.31. The molecule has 3 nitrogen and oxygen atoms in total. The van der Waals surface area contributed by atoms with Crippen molar-refractivity contribution in [3.8, 4) is 5.75 Å². The van der Waals surface area contributed by atoms with E-state index in [9.17, 15) is 13.2 Å². The van der Waals surface area contributed by atoms with E-state index in [0.29, 0.717) is 0 Å². The maximum Gasteiger partial charge on any atom is 0.573 e. The van der Waals surface area contributed by atoms with Crippen LogP contribution >= 0.6 is 0 Å². The third-order valence-electron chi connectivity index (χ3n) is 4.03. The lowest BCUT2D eigenvalue weighted by molar-refractivity contribution is -0.274. The van der Waals surface area contributed by atoms with E-state index in [1.165, 1.54) is 31.4 Å². The fourth-order valence-electron chi connectivity index (χ4n) is 2.78. The van der Waals surface area contributed by atoms with E-state index in [1.807, 2.05) is 0 Å². The van der Waals surface area contributed by atoms with Crippen molar-refractivity contribution in [2.75, 3.05) is 37.6 Å². The van der Waals surface area contributed by atoms with Crippen LogP contribution in [0.5, 0.6) is 5.75 Å². The van der Waals surface area contributed by atoms with Crippen molar-refractivity contribution < 1.29 is 17.9 Å². The number of nitrogens with zero attached hydrogens (tertiary/aromatic N) is 2. The Morgan fingerprint density at radius 3 is 2.17 bits per heavy atom. The second-order valence-electron chi connectivity index (χ2n) is 5.78. The molecular formula is C17H24F3N2O. The van der Waals surface area contributed by atoms with Gasteiger partial charge in [0.2, 0.25) is 0 Å². The molecule has 0 amide bonds. The number of hydrogen-bond acceptors (Lipinski definition) is 3. The summed E-state index contributed by atoms with van der Waals surface area (Å²) in [6, 6.07) is 6.11. The van der Waals surface area contributed by atoms with Crippen LogP contribution in [0, 0.1) is 6.92 Å². The van der Waals surface area contributed by atoms with Crippen molar-refractivity contribution in [2.24, 2.45) is 0 Å².